The molecular weight excluding hydrogens is 408 g/mol. The summed E-state index contributed by atoms with van der Waals surface area (Å²) in [6.07, 6.45) is 1.93. The Morgan fingerprint density at radius 3 is 3.00 bits per heavy atom. The minimum atomic E-state index is 0.0599. The van der Waals surface area contributed by atoms with Gasteiger partial charge in [-0.3, -0.25) is 4.79 Å². The van der Waals surface area contributed by atoms with Gasteiger partial charge in [0, 0.05) is 6.54 Å². The molecule has 1 saturated heterocycles. The normalized spacial score (nSPS) is 18.3. The maximum absolute atomic E-state index is 13.0. The van der Waals surface area contributed by atoms with Crippen molar-refractivity contribution in [2.45, 2.75) is 24.0 Å². The van der Waals surface area contributed by atoms with Crippen LogP contribution in [0.25, 0.3) is 10.2 Å². The fourth-order valence-electron chi connectivity index (χ4n) is 3.81. The number of hydrogen-bond donors (Lipinski definition) is 1. The molecule has 1 atom stereocenters. The molecule has 3 aromatic rings. The lowest BCUT2D eigenvalue weighted by molar-refractivity contribution is -0.129. The number of aromatic nitrogens is 2. The number of fused-ring (bicyclic) bond motifs is 2. The zero-order valence-corrected chi connectivity index (χ0v) is 17.3. The highest BCUT2D eigenvalue weighted by atomic mass is 32.2. The molecule has 2 aliphatic heterocycles. The molecule has 0 radical (unpaired) electrons. The molecule has 0 unspecified atom stereocenters. The number of thioether (sulfide) groups is 1. The van der Waals surface area contributed by atoms with E-state index in [4.69, 9.17) is 15.2 Å². The summed E-state index contributed by atoms with van der Waals surface area (Å²) >= 11 is 2.86. The van der Waals surface area contributed by atoms with Crippen molar-refractivity contribution in [1.29, 1.82) is 0 Å². The number of benzene rings is 1. The zero-order valence-electron chi connectivity index (χ0n) is 15.7. The van der Waals surface area contributed by atoms with Gasteiger partial charge >= 0.3 is 0 Å². The van der Waals surface area contributed by atoms with E-state index in [-0.39, 0.29) is 17.7 Å². The lowest BCUT2D eigenvalue weighted by Gasteiger charge is -2.26. The summed E-state index contributed by atoms with van der Waals surface area (Å²) in [4.78, 5) is 24.6. The quantitative estimate of drug-likeness (QED) is 0.502. The lowest BCUT2D eigenvalue weighted by atomic mass is 10.0. The molecule has 2 aliphatic rings. The standard InChI is InChI=1S/C20H20N4O3S2/c21-18-13-5-9-28-19(13)23-20(22-18)29-11-17(25)24-6-1-2-14(24)12-3-4-15-16(10-12)27-8-7-26-15/h3-5,9-10,14H,1-2,6-8,11H2,(H2,21,22,23)/t14-/m1/s1. The Morgan fingerprint density at radius 1 is 1.24 bits per heavy atom. The number of amides is 1. The van der Waals surface area contributed by atoms with Gasteiger partial charge in [0.25, 0.3) is 0 Å². The fraction of sp³-hybridized carbons (Fsp3) is 0.350. The molecule has 9 heteroatoms. The van der Waals surface area contributed by atoms with Gasteiger partial charge in [-0.1, -0.05) is 17.8 Å². The minimum absolute atomic E-state index is 0.0599. The lowest BCUT2D eigenvalue weighted by Crippen LogP contribution is -2.32. The highest BCUT2D eigenvalue weighted by Crippen LogP contribution is 2.38. The van der Waals surface area contributed by atoms with E-state index in [1.165, 1.54) is 23.1 Å². The first kappa shape index (κ1) is 18.5. The summed E-state index contributed by atoms with van der Waals surface area (Å²) in [7, 11) is 0. The monoisotopic (exact) mass is 428 g/mol. The van der Waals surface area contributed by atoms with Gasteiger partial charge in [-0.05, 0) is 42.0 Å². The van der Waals surface area contributed by atoms with Crippen LogP contribution >= 0.6 is 23.1 Å². The van der Waals surface area contributed by atoms with Crippen LogP contribution in [-0.4, -0.2) is 46.3 Å². The van der Waals surface area contributed by atoms with Crippen LogP contribution in [0, 0.1) is 0 Å². The number of carbonyl (C=O) groups is 1. The number of anilines is 1. The minimum Gasteiger partial charge on any atom is -0.486 e. The van der Waals surface area contributed by atoms with Crippen LogP contribution in [0.5, 0.6) is 11.5 Å². The maximum atomic E-state index is 13.0. The first-order chi connectivity index (χ1) is 14.2. The summed E-state index contributed by atoms with van der Waals surface area (Å²) in [6.45, 7) is 1.88. The van der Waals surface area contributed by atoms with E-state index >= 15 is 0 Å². The molecule has 7 nitrogen and oxygen atoms in total. The predicted molar refractivity (Wildman–Crippen MR) is 114 cm³/mol. The average Bonchev–Trinajstić information content (AvgIpc) is 3.41. The Bertz CT molecular complexity index is 1070. The number of thiophene rings is 1. The van der Waals surface area contributed by atoms with Crippen LogP contribution in [0.15, 0.2) is 34.8 Å². The predicted octanol–water partition coefficient (Wildman–Crippen LogP) is 3.50. The van der Waals surface area contributed by atoms with Crippen molar-refractivity contribution in [3.05, 3.63) is 35.2 Å². The van der Waals surface area contributed by atoms with E-state index in [0.29, 0.717) is 24.2 Å². The van der Waals surface area contributed by atoms with Gasteiger partial charge in [0.2, 0.25) is 5.91 Å². The Kier molecular flexibility index (Phi) is 4.92. The number of hydrogen-bond acceptors (Lipinski definition) is 8. The molecule has 1 aromatic carbocycles. The molecule has 4 heterocycles. The Hall–Kier alpha value is -2.52. The Balaban J connectivity index is 1.29. The van der Waals surface area contributed by atoms with Crippen molar-refractivity contribution in [1.82, 2.24) is 14.9 Å². The van der Waals surface area contributed by atoms with Crippen LogP contribution in [0.1, 0.15) is 24.4 Å². The van der Waals surface area contributed by atoms with Gasteiger partial charge < -0.3 is 20.1 Å². The molecule has 2 aromatic heterocycles. The van der Waals surface area contributed by atoms with Crippen molar-refractivity contribution in [3.63, 3.8) is 0 Å². The van der Waals surface area contributed by atoms with Crippen LogP contribution in [0.2, 0.25) is 0 Å². The second-order valence-electron chi connectivity index (χ2n) is 6.97. The highest BCUT2D eigenvalue weighted by molar-refractivity contribution is 7.99. The molecule has 29 heavy (non-hydrogen) atoms. The number of nitrogens with two attached hydrogens (primary N) is 1. The van der Waals surface area contributed by atoms with Gasteiger partial charge in [-0.15, -0.1) is 11.3 Å². The zero-order chi connectivity index (χ0) is 19.8. The molecule has 1 amide bonds. The molecule has 0 bridgehead atoms. The van der Waals surface area contributed by atoms with Gasteiger partial charge in [-0.2, -0.15) is 0 Å². The highest BCUT2D eigenvalue weighted by Gasteiger charge is 2.31. The van der Waals surface area contributed by atoms with Gasteiger partial charge in [0.15, 0.2) is 16.7 Å². The molecule has 1 fully saturated rings. The van der Waals surface area contributed by atoms with E-state index < -0.39 is 0 Å². The molecule has 5 rings (SSSR count). The smallest absolute Gasteiger partial charge is 0.233 e. The van der Waals surface area contributed by atoms with E-state index in [0.717, 1.165) is 46.7 Å². The summed E-state index contributed by atoms with van der Waals surface area (Å²) in [5, 5.41) is 3.35. The number of likely N-dealkylation sites (tertiary alicyclic amines) is 1. The van der Waals surface area contributed by atoms with Crippen LogP contribution in [0.3, 0.4) is 0 Å². The van der Waals surface area contributed by atoms with E-state index in [9.17, 15) is 4.79 Å². The van der Waals surface area contributed by atoms with Crippen molar-refractivity contribution in [3.8, 4) is 11.5 Å². The second-order valence-corrected chi connectivity index (χ2v) is 8.80. The Morgan fingerprint density at radius 2 is 2.10 bits per heavy atom. The van der Waals surface area contributed by atoms with Gasteiger partial charge in [0.05, 0.1) is 17.2 Å². The van der Waals surface area contributed by atoms with Gasteiger partial charge in [-0.25, -0.2) is 9.97 Å². The number of nitrogens with zero attached hydrogens (tertiary/aromatic N) is 3. The second kappa shape index (κ2) is 7.72. The van der Waals surface area contributed by atoms with E-state index in [1.807, 2.05) is 34.5 Å². The SMILES string of the molecule is Nc1nc(SCC(=O)N2CCC[C@@H]2c2ccc3c(c2)OCCO3)nc2sccc12. The molecule has 0 spiro atoms. The Labute approximate surface area is 176 Å². The van der Waals surface area contributed by atoms with Crippen LogP contribution in [0.4, 0.5) is 5.82 Å². The summed E-state index contributed by atoms with van der Waals surface area (Å²) < 4.78 is 11.3. The average molecular weight is 429 g/mol. The van der Waals surface area contributed by atoms with Crippen molar-refractivity contribution < 1.29 is 14.3 Å². The summed E-state index contributed by atoms with van der Waals surface area (Å²) in [5.74, 6) is 2.36. The van der Waals surface area contributed by atoms with Crippen molar-refractivity contribution >= 4 is 45.0 Å². The third-order valence-electron chi connectivity index (χ3n) is 5.18. The number of ether oxygens (including phenoxy) is 2. The molecule has 2 N–H and O–H groups in total. The summed E-state index contributed by atoms with van der Waals surface area (Å²) in [5.41, 5.74) is 7.10. The van der Waals surface area contributed by atoms with Crippen LogP contribution in [-0.2, 0) is 4.79 Å². The largest absolute Gasteiger partial charge is 0.486 e. The topological polar surface area (TPSA) is 90.6 Å². The molecule has 0 aliphatic carbocycles. The van der Waals surface area contributed by atoms with Crippen molar-refractivity contribution in [2.24, 2.45) is 0 Å². The molecular formula is C20H20N4O3S2. The van der Waals surface area contributed by atoms with Crippen LogP contribution < -0.4 is 15.2 Å². The maximum Gasteiger partial charge on any atom is 0.233 e. The fourth-order valence-corrected chi connectivity index (χ4v) is 5.38. The number of nitrogen functional groups attached to an aromatic ring is 1. The number of carbonyl (C=O) groups excluding carboxylic acids is 1. The first-order valence-electron chi connectivity index (χ1n) is 9.51. The number of rotatable bonds is 4. The molecule has 0 saturated carbocycles. The first-order valence-corrected chi connectivity index (χ1v) is 11.4. The molecule has 150 valence electrons. The van der Waals surface area contributed by atoms with Crippen molar-refractivity contribution in [2.75, 3.05) is 31.2 Å². The van der Waals surface area contributed by atoms with E-state index in [2.05, 4.69) is 9.97 Å². The van der Waals surface area contributed by atoms with E-state index in [1.54, 1.807) is 0 Å². The third-order valence-corrected chi connectivity index (χ3v) is 6.82. The summed E-state index contributed by atoms with van der Waals surface area (Å²) in [6, 6.07) is 7.95. The van der Waals surface area contributed by atoms with Gasteiger partial charge in [0.1, 0.15) is 23.9 Å². The third kappa shape index (κ3) is 3.60.